The number of ketones is 1. The van der Waals surface area contributed by atoms with Crippen molar-refractivity contribution >= 4 is 11.5 Å². The number of nitro groups is 1. The van der Waals surface area contributed by atoms with E-state index in [1.54, 1.807) is 37.3 Å². The van der Waals surface area contributed by atoms with Crippen molar-refractivity contribution in [1.29, 1.82) is 0 Å². The van der Waals surface area contributed by atoms with Gasteiger partial charge in [-0.1, -0.05) is 6.07 Å². The summed E-state index contributed by atoms with van der Waals surface area (Å²) in [4.78, 5) is 22.7. The molecule has 0 fully saturated rings. The summed E-state index contributed by atoms with van der Waals surface area (Å²) in [6, 6.07) is 9.81. The molecule has 0 radical (unpaired) electrons. The maximum Gasteiger partial charge on any atom is 0.310 e. The highest BCUT2D eigenvalue weighted by molar-refractivity contribution is 5.97. The Morgan fingerprint density at radius 2 is 2.13 bits per heavy atom. The van der Waals surface area contributed by atoms with E-state index in [0.717, 1.165) is 23.3 Å². The van der Waals surface area contributed by atoms with Crippen LogP contribution in [-0.2, 0) is 6.42 Å². The molecule has 6 heteroatoms. The molecule has 0 atom stereocenters. The van der Waals surface area contributed by atoms with E-state index in [1.165, 1.54) is 6.07 Å². The molecule has 0 aromatic heterocycles. The number of hydrogen-bond acceptors (Lipinski definition) is 5. The predicted octanol–water partition coefficient (Wildman–Crippen LogP) is 3.10. The van der Waals surface area contributed by atoms with Crippen LogP contribution >= 0.6 is 0 Å². The van der Waals surface area contributed by atoms with Crippen molar-refractivity contribution in [3.05, 3.63) is 63.2 Å². The zero-order valence-corrected chi connectivity index (χ0v) is 12.6. The molecule has 0 bridgehead atoms. The van der Waals surface area contributed by atoms with Gasteiger partial charge in [-0.2, -0.15) is 0 Å². The molecule has 0 saturated carbocycles. The number of hydrogen-bond donors (Lipinski definition) is 0. The molecule has 118 valence electrons. The van der Waals surface area contributed by atoms with E-state index >= 15 is 0 Å². The maximum absolute atomic E-state index is 12.2. The molecule has 0 amide bonds. The van der Waals surface area contributed by atoms with Crippen LogP contribution in [-0.4, -0.2) is 23.9 Å². The summed E-state index contributed by atoms with van der Waals surface area (Å²) < 4.78 is 10.8. The van der Waals surface area contributed by atoms with Crippen molar-refractivity contribution in [3.8, 4) is 11.5 Å². The molecular formula is C17H15NO5. The minimum Gasteiger partial charge on any atom is -0.493 e. The fourth-order valence-electron chi connectivity index (χ4n) is 2.47. The lowest BCUT2D eigenvalue weighted by Gasteiger charge is -2.08. The quantitative estimate of drug-likeness (QED) is 0.481. The van der Waals surface area contributed by atoms with E-state index in [1.807, 2.05) is 0 Å². The van der Waals surface area contributed by atoms with Gasteiger partial charge in [-0.3, -0.25) is 14.9 Å². The molecule has 23 heavy (non-hydrogen) atoms. The van der Waals surface area contributed by atoms with Gasteiger partial charge in [0.15, 0.2) is 18.1 Å². The van der Waals surface area contributed by atoms with E-state index < -0.39 is 4.92 Å². The first kappa shape index (κ1) is 15.0. The zero-order chi connectivity index (χ0) is 16.4. The predicted molar refractivity (Wildman–Crippen MR) is 83.3 cm³/mol. The van der Waals surface area contributed by atoms with Crippen molar-refractivity contribution in [3.63, 3.8) is 0 Å². The van der Waals surface area contributed by atoms with Gasteiger partial charge in [0.05, 0.1) is 11.5 Å². The van der Waals surface area contributed by atoms with Crippen molar-refractivity contribution in [1.82, 2.24) is 0 Å². The molecule has 1 aliphatic heterocycles. The van der Waals surface area contributed by atoms with Gasteiger partial charge >= 0.3 is 5.69 Å². The van der Waals surface area contributed by atoms with Crippen LogP contribution < -0.4 is 9.47 Å². The highest BCUT2D eigenvalue weighted by atomic mass is 16.6. The van der Waals surface area contributed by atoms with E-state index in [0.29, 0.717) is 12.2 Å². The van der Waals surface area contributed by atoms with Crippen LogP contribution in [0.25, 0.3) is 0 Å². The topological polar surface area (TPSA) is 78.7 Å². The summed E-state index contributed by atoms with van der Waals surface area (Å²) in [5.41, 5.74) is 2.19. The van der Waals surface area contributed by atoms with E-state index in [9.17, 15) is 14.9 Å². The third-order valence-electron chi connectivity index (χ3n) is 3.68. The van der Waals surface area contributed by atoms with Gasteiger partial charge in [-0.05, 0) is 42.3 Å². The van der Waals surface area contributed by atoms with E-state index in [-0.39, 0.29) is 23.8 Å². The number of Topliss-reactive ketones (excluding diaryl/α,β-unsaturated/α-hetero) is 1. The third-order valence-corrected chi connectivity index (χ3v) is 3.68. The van der Waals surface area contributed by atoms with Gasteiger partial charge in [0.25, 0.3) is 0 Å². The first-order chi connectivity index (χ1) is 11.0. The first-order valence-corrected chi connectivity index (χ1v) is 7.21. The lowest BCUT2D eigenvalue weighted by Crippen LogP contribution is -2.12. The SMILES string of the molecule is Cc1ccc([N+](=O)[O-])c(OCC(=O)c2ccc3c(c2)CCO3)c1. The Kier molecular flexibility index (Phi) is 3.97. The Morgan fingerprint density at radius 1 is 1.30 bits per heavy atom. The lowest BCUT2D eigenvalue weighted by atomic mass is 10.1. The molecule has 0 N–H and O–H groups in total. The van der Waals surface area contributed by atoms with Crippen LogP contribution in [0.3, 0.4) is 0 Å². The Balaban J connectivity index is 1.74. The van der Waals surface area contributed by atoms with Crippen molar-refractivity contribution in [2.24, 2.45) is 0 Å². The average Bonchev–Trinajstić information content (AvgIpc) is 2.99. The van der Waals surface area contributed by atoms with E-state index in [2.05, 4.69) is 0 Å². The fourth-order valence-corrected chi connectivity index (χ4v) is 2.47. The number of carbonyl (C=O) groups is 1. The number of nitro benzene ring substituents is 1. The second-order valence-electron chi connectivity index (χ2n) is 5.36. The summed E-state index contributed by atoms with van der Waals surface area (Å²) >= 11 is 0. The first-order valence-electron chi connectivity index (χ1n) is 7.21. The van der Waals surface area contributed by atoms with Crippen LogP contribution in [0.5, 0.6) is 11.5 Å². The standard InChI is InChI=1S/C17H15NO5/c1-11-2-4-14(18(20)21)17(8-11)23-10-15(19)12-3-5-16-13(9-12)6-7-22-16/h2-5,8-9H,6-7,10H2,1H3. The molecular weight excluding hydrogens is 298 g/mol. The zero-order valence-electron chi connectivity index (χ0n) is 12.6. The number of nitrogens with zero attached hydrogens (tertiary/aromatic N) is 1. The van der Waals surface area contributed by atoms with Crippen LogP contribution in [0.4, 0.5) is 5.69 Å². The summed E-state index contributed by atoms with van der Waals surface area (Å²) in [5.74, 6) is 0.681. The van der Waals surface area contributed by atoms with Crippen molar-refractivity contribution in [2.45, 2.75) is 13.3 Å². The minimum atomic E-state index is -0.522. The number of carbonyl (C=O) groups excluding carboxylic acids is 1. The Morgan fingerprint density at radius 3 is 2.91 bits per heavy atom. The number of fused-ring (bicyclic) bond motifs is 1. The molecule has 3 rings (SSSR count). The molecule has 2 aromatic rings. The van der Waals surface area contributed by atoms with Crippen molar-refractivity contribution < 1.29 is 19.2 Å². The van der Waals surface area contributed by atoms with Gasteiger partial charge in [0.2, 0.25) is 0 Å². The average molecular weight is 313 g/mol. The Hall–Kier alpha value is -2.89. The summed E-state index contributed by atoms with van der Waals surface area (Å²) in [5, 5.41) is 11.0. The fraction of sp³-hybridized carbons (Fsp3) is 0.235. The lowest BCUT2D eigenvalue weighted by molar-refractivity contribution is -0.385. The van der Waals surface area contributed by atoms with Gasteiger partial charge in [-0.25, -0.2) is 0 Å². The summed E-state index contributed by atoms with van der Waals surface area (Å²) in [7, 11) is 0. The largest absolute Gasteiger partial charge is 0.493 e. The van der Waals surface area contributed by atoms with Crippen LogP contribution in [0, 0.1) is 17.0 Å². The van der Waals surface area contributed by atoms with Gasteiger partial charge in [0.1, 0.15) is 5.75 Å². The summed E-state index contributed by atoms with van der Waals surface area (Å²) in [6.07, 6.45) is 0.778. The van der Waals surface area contributed by atoms with Gasteiger partial charge in [0, 0.05) is 18.1 Å². The van der Waals surface area contributed by atoms with Crippen LogP contribution in [0.15, 0.2) is 36.4 Å². The second kappa shape index (κ2) is 6.08. The smallest absolute Gasteiger partial charge is 0.310 e. The maximum atomic E-state index is 12.2. The van der Waals surface area contributed by atoms with E-state index in [4.69, 9.17) is 9.47 Å². The third kappa shape index (κ3) is 3.15. The number of ether oxygens (including phenoxy) is 2. The normalized spacial score (nSPS) is 12.4. The molecule has 0 aliphatic carbocycles. The molecule has 6 nitrogen and oxygen atoms in total. The Labute approximate surface area is 132 Å². The second-order valence-corrected chi connectivity index (χ2v) is 5.36. The molecule has 1 heterocycles. The molecule has 1 aliphatic rings. The number of aryl methyl sites for hydroxylation is 1. The Bertz CT molecular complexity index is 785. The van der Waals surface area contributed by atoms with Gasteiger partial charge < -0.3 is 9.47 Å². The number of benzene rings is 2. The minimum absolute atomic E-state index is 0.104. The highest BCUT2D eigenvalue weighted by Crippen LogP contribution is 2.29. The van der Waals surface area contributed by atoms with Crippen molar-refractivity contribution in [2.75, 3.05) is 13.2 Å². The molecule has 0 unspecified atom stereocenters. The monoisotopic (exact) mass is 313 g/mol. The molecule has 2 aromatic carbocycles. The molecule has 0 saturated heterocycles. The number of rotatable bonds is 5. The van der Waals surface area contributed by atoms with Gasteiger partial charge in [-0.15, -0.1) is 0 Å². The molecule has 0 spiro atoms. The van der Waals surface area contributed by atoms with Crippen LogP contribution in [0.1, 0.15) is 21.5 Å². The highest BCUT2D eigenvalue weighted by Gasteiger charge is 2.18. The summed E-state index contributed by atoms with van der Waals surface area (Å²) in [6.45, 7) is 2.18. The van der Waals surface area contributed by atoms with Crippen LogP contribution in [0.2, 0.25) is 0 Å².